The second-order valence-corrected chi connectivity index (χ2v) is 7.48. The molecule has 0 saturated heterocycles. The van der Waals surface area contributed by atoms with E-state index in [2.05, 4.69) is 5.32 Å². The molecular formula is C21H16N2O6S. The first-order valence-corrected chi connectivity index (χ1v) is 9.93. The standard InChI is InChI=1S/C21H16N2O6S/c24-18(15-7-3-11-28-15)22-17-9-8-16(30-17)21(27)29-12-4-10-23-19(25)13-5-1-2-6-14(13)20(23)26/h1-3,5-9,11H,4,10,12H2,(H,22,24). The number of nitrogens with one attached hydrogen (secondary N) is 1. The molecule has 1 aliphatic heterocycles. The van der Waals surface area contributed by atoms with E-state index in [1.165, 1.54) is 12.3 Å². The first-order valence-electron chi connectivity index (χ1n) is 9.11. The number of nitrogens with zero attached hydrogens (tertiary/aromatic N) is 1. The van der Waals surface area contributed by atoms with Gasteiger partial charge in [-0.2, -0.15) is 0 Å². The summed E-state index contributed by atoms with van der Waals surface area (Å²) in [5.74, 6) is -1.46. The van der Waals surface area contributed by atoms with Crippen molar-refractivity contribution in [2.24, 2.45) is 0 Å². The second kappa shape index (κ2) is 8.34. The van der Waals surface area contributed by atoms with Crippen molar-refractivity contribution in [3.05, 3.63) is 76.6 Å². The molecule has 0 spiro atoms. The van der Waals surface area contributed by atoms with Crippen LogP contribution in [0.3, 0.4) is 0 Å². The van der Waals surface area contributed by atoms with Crippen molar-refractivity contribution in [3.8, 4) is 0 Å². The average molecular weight is 424 g/mol. The highest BCUT2D eigenvalue weighted by atomic mass is 32.1. The summed E-state index contributed by atoms with van der Waals surface area (Å²) < 4.78 is 10.2. The zero-order valence-corrected chi connectivity index (χ0v) is 16.4. The SMILES string of the molecule is O=C(Nc1ccc(C(=O)OCCCN2C(=O)c3ccccc3C2=O)s1)c1ccco1. The van der Waals surface area contributed by atoms with Gasteiger partial charge in [0.15, 0.2) is 5.76 Å². The summed E-state index contributed by atoms with van der Waals surface area (Å²) in [4.78, 5) is 50.2. The lowest BCUT2D eigenvalue weighted by molar-refractivity contribution is 0.0487. The molecule has 0 bridgehead atoms. The third kappa shape index (κ3) is 3.87. The molecule has 152 valence electrons. The van der Waals surface area contributed by atoms with Crippen molar-refractivity contribution in [1.82, 2.24) is 4.90 Å². The Bertz CT molecular complexity index is 1080. The van der Waals surface area contributed by atoms with Crippen molar-refractivity contribution in [2.75, 3.05) is 18.5 Å². The molecule has 0 atom stereocenters. The summed E-state index contributed by atoms with van der Waals surface area (Å²) in [6.07, 6.45) is 1.72. The fourth-order valence-electron chi connectivity index (χ4n) is 3.00. The monoisotopic (exact) mass is 424 g/mol. The maximum Gasteiger partial charge on any atom is 0.348 e. The van der Waals surface area contributed by atoms with Crippen LogP contribution in [0.15, 0.2) is 59.2 Å². The van der Waals surface area contributed by atoms with Crippen LogP contribution >= 0.6 is 11.3 Å². The number of benzene rings is 1. The van der Waals surface area contributed by atoms with E-state index in [0.29, 0.717) is 27.4 Å². The van der Waals surface area contributed by atoms with E-state index in [1.54, 1.807) is 42.5 Å². The number of furan rings is 1. The summed E-state index contributed by atoms with van der Waals surface area (Å²) in [6.45, 7) is 0.215. The lowest BCUT2D eigenvalue weighted by atomic mass is 10.1. The number of carbonyl (C=O) groups is 4. The lowest BCUT2D eigenvalue weighted by Crippen LogP contribution is -2.31. The number of rotatable bonds is 7. The Kier molecular flexibility index (Phi) is 5.44. The van der Waals surface area contributed by atoms with Gasteiger partial charge in [-0.25, -0.2) is 4.79 Å². The van der Waals surface area contributed by atoms with E-state index in [4.69, 9.17) is 9.15 Å². The van der Waals surface area contributed by atoms with Gasteiger partial charge >= 0.3 is 5.97 Å². The fraction of sp³-hybridized carbons (Fsp3) is 0.143. The molecule has 30 heavy (non-hydrogen) atoms. The van der Waals surface area contributed by atoms with Gasteiger partial charge < -0.3 is 14.5 Å². The van der Waals surface area contributed by atoms with Crippen molar-refractivity contribution < 1.29 is 28.3 Å². The van der Waals surface area contributed by atoms with E-state index in [9.17, 15) is 19.2 Å². The van der Waals surface area contributed by atoms with Crippen LogP contribution in [0.25, 0.3) is 0 Å². The number of thiophene rings is 1. The minimum Gasteiger partial charge on any atom is -0.461 e. The molecule has 0 fully saturated rings. The minimum atomic E-state index is -0.541. The van der Waals surface area contributed by atoms with Crippen LogP contribution in [0.5, 0.6) is 0 Å². The summed E-state index contributed by atoms with van der Waals surface area (Å²) in [5.41, 5.74) is 0.782. The summed E-state index contributed by atoms with van der Waals surface area (Å²) in [5, 5.41) is 3.12. The Morgan fingerprint density at radius 2 is 1.73 bits per heavy atom. The van der Waals surface area contributed by atoms with Crippen LogP contribution in [-0.4, -0.2) is 41.7 Å². The third-order valence-electron chi connectivity index (χ3n) is 4.43. The topological polar surface area (TPSA) is 106 Å². The predicted molar refractivity (Wildman–Crippen MR) is 108 cm³/mol. The zero-order valence-electron chi connectivity index (χ0n) is 15.6. The van der Waals surface area contributed by atoms with Crippen LogP contribution < -0.4 is 5.32 Å². The molecule has 1 aromatic carbocycles. The highest BCUT2D eigenvalue weighted by Gasteiger charge is 2.34. The molecule has 1 aliphatic rings. The van der Waals surface area contributed by atoms with Crippen molar-refractivity contribution in [1.29, 1.82) is 0 Å². The van der Waals surface area contributed by atoms with Gasteiger partial charge in [0.25, 0.3) is 17.7 Å². The first-order chi connectivity index (χ1) is 14.5. The smallest absolute Gasteiger partial charge is 0.348 e. The van der Waals surface area contributed by atoms with E-state index in [1.807, 2.05) is 0 Å². The highest BCUT2D eigenvalue weighted by Crippen LogP contribution is 2.24. The van der Waals surface area contributed by atoms with Crippen LogP contribution in [0.1, 0.15) is 47.4 Å². The quantitative estimate of drug-likeness (QED) is 0.354. The van der Waals surface area contributed by atoms with Crippen molar-refractivity contribution in [2.45, 2.75) is 6.42 Å². The average Bonchev–Trinajstić information content (AvgIpc) is 3.48. The number of anilines is 1. The lowest BCUT2D eigenvalue weighted by Gasteiger charge is -2.13. The molecule has 3 amide bonds. The molecule has 8 nitrogen and oxygen atoms in total. The van der Waals surface area contributed by atoms with Gasteiger partial charge in [-0.05, 0) is 42.8 Å². The maximum absolute atomic E-state index is 12.3. The molecule has 0 radical (unpaired) electrons. The number of esters is 1. The van der Waals surface area contributed by atoms with Crippen LogP contribution in [0.2, 0.25) is 0 Å². The van der Waals surface area contributed by atoms with Crippen LogP contribution in [0, 0.1) is 0 Å². The van der Waals surface area contributed by atoms with Gasteiger partial charge in [0.05, 0.1) is 29.0 Å². The number of fused-ring (bicyclic) bond motifs is 1. The number of hydrogen-bond acceptors (Lipinski definition) is 7. The molecular weight excluding hydrogens is 408 g/mol. The van der Waals surface area contributed by atoms with E-state index < -0.39 is 11.9 Å². The number of amides is 3. The Balaban J connectivity index is 1.25. The third-order valence-corrected chi connectivity index (χ3v) is 5.41. The normalized spacial score (nSPS) is 12.7. The van der Waals surface area contributed by atoms with Gasteiger partial charge in [-0.3, -0.25) is 19.3 Å². The summed E-state index contributed by atoms with van der Waals surface area (Å²) in [6, 6.07) is 12.9. The number of hydrogen-bond donors (Lipinski definition) is 1. The number of imide groups is 1. The van der Waals surface area contributed by atoms with Gasteiger partial charge in [-0.1, -0.05) is 12.1 Å². The molecule has 2 aromatic heterocycles. The predicted octanol–water partition coefficient (Wildman–Crippen LogP) is 3.44. The molecule has 0 unspecified atom stereocenters. The Hall–Kier alpha value is -3.72. The largest absolute Gasteiger partial charge is 0.461 e. The Morgan fingerprint density at radius 1 is 1.00 bits per heavy atom. The molecule has 3 heterocycles. The van der Waals surface area contributed by atoms with E-state index in [0.717, 1.165) is 16.2 Å². The summed E-state index contributed by atoms with van der Waals surface area (Å²) in [7, 11) is 0. The van der Waals surface area contributed by atoms with Crippen molar-refractivity contribution in [3.63, 3.8) is 0 Å². The fourth-order valence-corrected chi connectivity index (χ4v) is 3.79. The van der Waals surface area contributed by atoms with Gasteiger partial charge in [0.2, 0.25) is 0 Å². The van der Waals surface area contributed by atoms with Crippen molar-refractivity contribution >= 4 is 40.0 Å². The van der Waals surface area contributed by atoms with Gasteiger partial charge in [0, 0.05) is 6.54 Å². The number of carbonyl (C=O) groups excluding carboxylic acids is 4. The summed E-state index contributed by atoms with van der Waals surface area (Å²) >= 11 is 1.08. The molecule has 3 aromatic rings. The Labute approximate surface area is 175 Å². The minimum absolute atomic E-state index is 0.0538. The first kappa shape index (κ1) is 19.6. The molecule has 0 aliphatic carbocycles. The highest BCUT2D eigenvalue weighted by molar-refractivity contribution is 7.18. The molecule has 9 heteroatoms. The molecule has 4 rings (SSSR count). The second-order valence-electron chi connectivity index (χ2n) is 6.39. The Morgan fingerprint density at radius 3 is 2.40 bits per heavy atom. The van der Waals surface area contributed by atoms with Gasteiger partial charge in [-0.15, -0.1) is 11.3 Å². The van der Waals surface area contributed by atoms with Crippen LogP contribution in [-0.2, 0) is 4.74 Å². The van der Waals surface area contributed by atoms with E-state index in [-0.39, 0.29) is 30.7 Å². The van der Waals surface area contributed by atoms with E-state index >= 15 is 0 Å². The zero-order chi connectivity index (χ0) is 21.1. The number of ether oxygens (including phenoxy) is 1. The molecule has 1 N–H and O–H groups in total. The van der Waals surface area contributed by atoms with Gasteiger partial charge in [0.1, 0.15) is 4.88 Å². The van der Waals surface area contributed by atoms with Crippen LogP contribution in [0.4, 0.5) is 5.00 Å². The maximum atomic E-state index is 12.3. The molecule has 0 saturated carbocycles.